The molecule has 3 nitrogen and oxygen atoms in total. The fourth-order valence-electron chi connectivity index (χ4n) is 3.09. The Morgan fingerprint density at radius 2 is 1.81 bits per heavy atom. The third kappa shape index (κ3) is 5.47. The second-order valence-electron chi connectivity index (χ2n) is 6.92. The molecule has 5 heteroatoms. The lowest BCUT2D eigenvalue weighted by Gasteiger charge is -2.15. The molecule has 0 radical (unpaired) electrons. The van der Waals surface area contributed by atoms with Crippen molar-refractivity contribution in [3.8, 4) is 0 Å². The molecule has 0 spiro atoms. The molecule has 0 bridgehead atoms. The number of carbonyl (C=O) groups is 1. The van der Waals surface area contributed by atoms with Gasteiger partial charge in [0.2, 0.25) is 5.91 Å². The number of benzene rings is 2. The smallest absolute Gasteiger partial charge is 0.226 e. The van der Waals surface area contributed by atoms with Crippen molar-refractivity contribution in [2.75, 3.05) is 0 Å². The number of hydrogen-bond donors (Lipinski definition) is 1. The van der Waals surface area contributed by atoms with Crippen molar-refractivity contribution in [3.63, 3.8) is 0 Å². The lowest BCUT2D eigenvalue weighted by atomic mass is 10.0. The molecule has 1 N–H and O–H groups in total. The van der Waals surface area contributed by atoms with Gasteiger partial charge < -0.3 is 5.32 Å². The maximum atomic E-state index is 13.0. The van der Waals surface area contributed by atoms with Gasteiger partial charge >= 0.3 is 0 Å². The summed E-state index contributed by atoms with van der Waals surface area (Å²) in [6.45, 7) is 6.11. The summed E-state index contributed by atoms with van der Waals surface area (Å²) in [7, 11) is 0. The number of amides is 1. The van der Waals surface area contributed by atoms with Crippen molar-refractivity contribution in [1.82, 2.24) is 10.3 Å². The summed E-state index contributed by atoms with van der Waals surface area (Å²) >= 11 is 1.52. The van der Waals surface area contributed by atoms with Gasteiger partial charge in [0, 0.05) is 11.8 Å². The van der Waals surface area contributed by atoms with Crippen molar-refractivity contribution < 1.29 is 9.18 Å². The van der Waals surface area contributed by atoms with Crippen molar-refractivity contribution in [1.29, 1.82) is 0 Å². The van der Waals surface area contributed by atoms with E-state index < -0.39 is 0 Å². The van der Waals surface area contributed by atoms with E-state index in [-0.39, 0.29) is 24.2 Å². The highest BCUT2D eigenvalue weighted by molar-refractivity contribution is 7.09. The number of nitrogens with one attached hydrogen (secondary N) is 1. The van der Waals surface area contributed by atoms with E-state index in [9.17, 15) is 9.18 Å². The summed E-state index contributed by atoms with van der Waals surface area (Å²) in [5.41, 5.74) is 5.26. The van der Waals surface area contributed by atoms with Crippen molar-refractivity contribution in [3.05, 3.63) is 86.6 Å². The van der Waals surface area contributed by atoms with Crippen LogP contribution in [0.1, 0.15) is 45.9 Å². The largest absolute Gasteiger partial charge is 0.349 e. The molecule has 0 saturated heterocycles. The Bertz CT molecular complexity index is 913. The second kappa shape index (κ2) is 8.44. The standard InChI is InChI=1S/C22H23FN2OS/c1-14-8-15(2)10-18(9-14)16(3)24-21(26)12-20-13-27-22(25-20)11-17-4-6-19(23)7-5-17/h4-10,13,16H,11-12H2,1-3H3,(H,24,26). The predicted octanol–water partition coefficient (Wildman–Crippen LogP) is 4.91. The van der Waals surface area contributed by atoms with E-state index in [2.05, 4.69) is 42.3 Å². The molecule has 0 saturated carbocycles. The highest BCUT2D eigenvalue weighted by atomic mass is 32.1. The average molecular weight is 383 g/mol. The SMILES string of the molecule is Cc1cc(C)cc(C(C)NC(=O)Cc2csc(Cc3ccc(F)cc3)n2)c1. The first-order valence-electron chi connectivity index (χ1n) is 8.94. The molecule has 2 aromatic carbocycles. The molecule has 27 heavy (non-hydrogen) atoms. The summed E-state index contributed by atoms with van der Waals surface area (Å²) in [5.74, 6) is -0.284. The minimum Gasteiger partial charge on any atom is -0.349 e. The molecule has 1 amide bonds. The topological polar surface area (TPSA) is 42.0 Å². The van der Waals surface area contributed by atoms with Gasteiger partial charge in [-0.15, -0.1) is 11.3 Å². The molecule has 0 aliphatic rings. The fourth-order valence-corrected chi connectivity index (χ4v) is 3.92. The maximum absolute atomic E-state index is 13.0. The van der Waals surface area contributed by atoms with E-state index in [1.807, 2.05) is 12.3 Å². The number of aryl methyl sites for hydroxylation is 2. The van der Waals surface area contributed by atoms with Crippen LogP contribution in [0.5, 0.6) is 0 Å². The zero-order valence-electron chi connectivity index (χ0n) is 15.8. The van der Waals surface area contributed by atoms with Crippen LogP contribution < -0.4 is 5.32 Å². The van der Waals surface area contributed by atoms with Crippen LogP contribution in [-0.2, 0) is 17.6 Å². The minimum atomic E-state index is -0.242. The first-order valence-corrected chi connectivity index (χ1v) is 9.82. The molecule has 0 fully saturated rings. The van der Waals surface area contributed by atoms with Gasteiger partial charge in [0.05, 0.1) is 23.2 Å². The summed E-state index contributed by atoms with van der Waals surface area (Å²) in [6, 6.07) is 12.7. The molecule has 0 aliphatic carbocycles. The minimum absolute atomic E-state index is 0.0414. The molecule has 1 heterocycles. The number of thiazole rings is 1. The Kier molecular flexibility index (Phi) is 6.01. The van der Waals surface area contributed by atoms with Crippen molar-refractivity contribution >= 4 is 17.2 Å². The number of aromatic nitrogens is 1. The van der Waals surface area contributed by atoms with E-state index in [0.29, 0.717) is 6.42 Å². The molecule has 3 rings (SSSR count). The fraction of sp³-hybridized carbons (Fsp3) is 0.273. The first kappa shape index (κ1) is 19.2. The number of hydrogen-bond acceptors (Lipinski definition) is 3. The van der Waals surface area contributed by atoms with E-state index >= 15 is 0 Å². The van der Waals surface area contributed by atoms with Gasteiger partial charge in [-0.3, -0.25) is 4.79 Å². The highest BCUT2D eigenvalue weighted by Crippen LogP contribution is 2.18. The Labute approximate surface area is 163 Å². The van der Waals surface area contributed by atoms with Gasteiger partial charge in [0.25, 0.3) is 0 Å². The zero-order chi connectivity index (χ0) is 19.4. The summed E-state index contributed by atoms with van der Waals surface area (Å²) < 4.78 is 13.0. The second-order valence-corrected chi connectivity index (χ2v) is 7.87. The quantitative estimate of drug-likeness (QED) is 0.658. The summed E-state index contributed by atoms with van der Waals surface area (Å²) in [5, 5.41) is 5.89. The van der Waals surface area contributed by atoms with Gasteiger partial charge in [-0.1, -0.05) is 41.5 Å². The van der Waals surface area contributed by atoms with Crippen LogP contribution >= 0.6 is 11.3 Å². The van der Waals surface area contributed by atoms with Gasteiger partial charge in [0.15, 0.2) is 0 Å². The third-order valence-corrected chi connectivity index (χ3v) is 5.23. The van der Waals surface area contributed by atoms with Crippen LogP contribution in [0.15, 0.2) is 47.8 Å². The van der Waals surface area contributed by atoms with Gasteiger partial charge in [-0.2, -0.15) is 0 Å². The molecule has 0 aliphatic heterocycles. The summed E-state index contributed by atoms with van der Waals surface area (Å²) in [6.07, 6.45) is 0.903. The monoisotopic (exact) mass is 382 g/mol. The Morgan fingerprint density at radius 1 is 1.15 bits per heavy atom. The van der Waals surface area contributed by atoms with Crippen molar-refractivity contribution in [2.45, 2.75) is 39.7 Å². The van der Waals surface area contributed by atoms with Gasteiger partial charge in [-0.25, -0.2) is 9.37 Å². The van der Waals surface area contributed by atoms with Crippen molar-refractivity contribution in [2.24, 2.45) is 0 Å². The predicted molar refractivity (Wildman–Crippen MR) is 107 cm³/mol. The van der Waals surface area contributed by atoms with Crippen LogP contribution in [-0.4, -0.2) is 10.9 Å². The Morgan fingerprint density at radius 3 is 2.48 bits per heavy atom. The summed E-state index contributed by atoms with van der Waals surface area (Å²) in [4.78, 5) is 16.9. The van der Waals surface area contributed by atoms with E-state index in [0.717, 1.165) is 21.8 Å². The van der Waals surface area contributed by atoms with Crippen LogP contribution in [0.2, 0.25) is 0 Å². The van der Waals surface area contributed by atoms with Gasteiger partial charge in [0.1, 0.15) is 5.82 Å². The van der Waals surface area contributed by atoms with Crippen LogP contribution in [0.3, 0.4) is 0 Å². The number of carbonyl (C=O) groups excluding carboxylic acids is 1. The number of nitrogens with zero attached hydrogens (tertiary/aromatic N) is 1. The Hall–Kier alpha value is -2.53. The lowest BCUT2D eigenvalue weighted by Crippen LogP contribution is -2.28. The third-order valence-electron chi connectivity index (χ3n) is 4.33. The van der Waals surface area contributed by atoms with E-state index in [4.69, 9.17) is 0 Å². The lowest BCUT2D eigenvalue weighted by molar-refractivity contribution is -0.121. The molecular weight excluding hydrogens is 359 g/mol. The molecule has 1 unspecified atom stereocenters. The van der Waals surface area contributed by atoms with Crippen LogP contribution in [0.4, 0.5) is 4.39 Å². The number of halogens is 1. The average Bonchev–Trinajstić information content (AvgIpc) is 3.02. The number of rotatable bonds is 6. The van der Waals surface area contributed by atoms with Crippen LogP contribution in [0, 0.1) is 19.7 Å². The van der Waals surface area contributed by atoms with Gasteiger partial charge in [-0.05, 0) is 44.0 Å². The van der Waals surface area contributed by atoms with Crippen LogP contribution in [0.25, 0.3) is 0 Å². The molecule has 3 aromatic rings. The van der Waals surface area contributed by atoms with E-state index in [1.165, 1.54) is 34.6 Å². The van der Waals surface area contributed by atoms with E-state index in [1.54, 1.807) is 12.1 Å². The zero-order valence-corrected chi connectivity index (χ0v) is 16.6. The molecule has 1 atom stereocenters. The normalized spacial score (nSPS) is 12.0. The Balaban J connectivity index is 1.58. The highest BCUT2D eigenvalue weighted by Gasteiger charge is 2.13. The molecule has 140 valence electrons. The maximum Gasteiger partial charge on any atom is 0.226 e. The first-order chi connectivity index (χ1) is 12.9. The molecule has 1 aromatic heterocycles. The molecular formula is C22H23FN2OS.